The Morgan fingerprint density at radius 3 is 2.77 bits per heavy atom. The van der Waals surface area contributed by atoms with Crippen molar-refractivity contribution in [2.75, 3.05) is 20.8 Å². The van der Waals surface area contributed by atoms with Crippen LogP contribution in [0, 0.1) is 0 Å². The molecule has 1 heterocycles. The zero-order valence-corrected chi connectivity index (χ0v) is 8.33. The first kappa shape index (κ1) is 10.5. The highest BCUT2D eigenvalue weighted by atomic mass is 16.6. The van der Waals surface area contributed by atoms with Gasteiger partial charge in [-0.05, 0) is 6.42 Å². The van der Waals surface area contributed by atoms with Crippen molar-refractivity contribution in [2.24, 2.45) is 0 Å². The number of ether oxygens (including phenoxy) is 3. The quantitative estimate of drug-likeness (QED) is 0.610. The van der Waals surface area contributed by atoms with E-state index in [0.29, 0.717) is 19.4 Å². The van der Waals surface area contributed by atoms with Crippen LogP contribution in [0.15, 0.2) is 0 Å². The van der Waals surface area contributed by atoms with Crippen molar-refractivity contribution in [3.63, 3.8) is 0 Å². The molecule has 4 heteroatoms. The molecule has 2 atom stereocenters. The summed E-state index contributed by atoms with van der Waals surface area (Å²) in [6.07, 6.45) is 0.864. The highest BCUT2D eigenvalue weighted by Crippen LogP contribution is 2.32. The van der Waals surface area contributed by atoms with Gasteiger partial charge in [-0.3, -0.25) is 4.79 Å². The van der Waals surface area contributed by atoms with Gasteiger partial charge in [0.1, 0.15) is 6.10 Å². The minimum atomic E-state index is -0.569. The Bertz CT molecular complexity index is 192. The monoisotopic (exact) mass is 188 g/mol. The number of hydrogen-bond donors (Lipinski definition) is 0. The van der Waals surface area contributed by atoms with E-state index in [4.69, 9.17) is 14.2 Å². The number of methoxy groups -OCH3 is 2. The third-order valence-corrected chi connectivity index (χ3v) is 2.53. The smallest absolute Gasteiger partial charge is 0.309 e. The second kappa shape index (κ2) is 4.07. The second-order valence-corrected chi connectivity index (χ2v) is 3.25. The summed E-state index contributed by atoms with van der Waals surface area (Å²) < 4.78 is 15.5. The van der Waals surface area contributed by atoms with Crippen molar-refractivity contribution in [1.82, 2.24) is 0 Å². The molecule has 0 aromatic rings. The van der Waals surface area contributed by atoms with Crippen molar-refractivity contribution in [3.8, 4) is 0 Å². The number of carbonyl (C=O) groups excluding carboxylic acids is 1. The topological polar surface area (TPSA) is 44.8 Å². The number of carbonyl (C=O) groups is 1. The lowest BCUT2D eigenvalue weighted by atomic mass is 9.95. The largest absolute Gasteiger partial charge is 0.454 e. The molecule has 1 aliphatic rings. The first-order valence-corrected chi connectivity index (χ1v) is 4.42. The number of esters is 1. The summed E-state index contributed by atoms with van der Waals surface area (Å²) in [5, 5.41) is 0. The fourth-order valence-electron chi connectivity index (χ4n) is 1.74. The first-order valence-electron chi connectivity index (χ1n) is 4.42. The van der Waals surface area contributed by atoms with Crippen LogP contribution in [0.5, 0.6) is 0 Å². The highest BCUT2D eigenvalue weighted by Gasteiger charge is 2.48. The molecule has 76 valence electrons. The summed E-state index contributed by atoms with van der Waals surface area (Å²) in [6.45, 7) is 2.36. The number of cyclic esters (lactones) is 1. The van der Waals surface area contributed by atoms with Crippen molar-refractivity contribution in [2.45, 2.75) is 31.5 Å². The summed E-state index contributed by atoms with van der Waals surface area (Å²) in [5.74, 6) is -0.203. The molecule has 1 fully saturated rings. The van der Waals surface area contributed by atoms with Gasteiger partial charge in [-0.1, -0.05) is 6.92 Å². The molecular formula is C9H16O4. The van der Waals surface area contributed by atoms with Gasteiger partial charge in [-0.25, -0.2) is 0 Å². The Kier molecular flexibility index (Phi) is 3.27. The average Bonchev–Trinajstić information content (AvgIpc) is 2.43. The molecule has 13 heavy (non-hydrogen) atoms. The third-order valence-electron chi connectivity index (χ3n) is 2.53. The Balaban J connectivity index is 2.76. The van der Waals surface area contributed by atoms with E-state index < -0.39 is 5.60 Å². The van der Waals surface area contributed by atoms with Gasteiger partial charge in [-0.15, -0.1) is 0 Å². The standard InChI is InChI=1S/C9H16O4/c1-4-9(6-11-2)7(12-3)5-8(10)13-9/h7H,4-6H2,1-3H3/t7-,9-/m0/s1. The Hall–Kier alpha value is -0.610. The van der Waals surface area contributed by atoms with Gasteiger partial charge in [0, 0.05) is 14.2 Å². The van der Waals surface area contributed by atoms with E-state index in [1.165, 1.54) is 0 Å². The van der Waals surface area contributed by atoms with E-state index in [2.05, 4.69) is 0 Å². The van der Waals surface area contributed by atoms with Crippen LogP contribution in [-0.4, -0.2) is 38.5 Å². The van der Waals surface area contributed by atoms with Crippen molar-refractivity contribution in [3.05, 3.63) is 0 Å². The van der Waals surface area contributed by atoms with Gasteiger partial charge in [0.15, 0.2) is 5.60 Å². The fourth-order valence-corrected chi connectivity index (χ4v) is 1.74. The molecule has 0 aromatic carbocycles. The Morgan fingerprint density at radius 2 is 2.31 bits per heavy atom. The summed E-state index contributed by atoms with van der Waals surface area (Å²) in [5.41, 5.74) is -0.569. The van der Waals surface area contributed by atoms with E-state index in [0.717, 1.165) is 0 Å². The molecule has 0 bridgehead atoms. The Morgan fingerprint density at radius 1 is 1.62 bits per heavy atom. The minimum absolute atomic E-state index is 0.176. The van der Waals surface area contributed by atoms with Crippen LogP contribution in [0.2, 0.25) is 0 Å². The van der Waals surface area contributed by atoms with Gasteiger partial charge in [0.05, 0.1) is 13.0 Å². The maximum absolute atomic E-state index is 11.1. The van der Waals surface area contributed by atoms with Crippen LogP contribution >= 0.6 is 0 Å². The van der Waals surface area contributed by atoms with Crippen LogP contribution in [0.25, 0.3) is 0 Å². The molecule has 0 saturated carbocycles. The van der Waals surface area contributed by atoms with E-state index in [1.807, 2.05) is 6.92 Å². The molecule has 1 aliphatic heterocycles. The predicted octanol–water partition coefficient (Wildman–Crippen LogP) is 0.744. The van der Waals surface area contributed by atoms with Gasteiger partial charge in [0.25, 0.3) is 0 Å². The normalized spacial score (nSPS) is 33.5. The molecule has 0 unspecified atom stereocenters. The molecular weight excluding hydrogens is 172 g/mol. The summed E-state index contributed by atoms with van der Waals surface area (Å²) in [7, 11) is 3.18. The van der Waals surface area contributed by atoms with Crippen molar-refractivity contribution >= 4 is 5.97 Å². The Labute approximate surface area is 78.2 Å². The van der Waals surface area contributed by atoms with E-state index in [1.54, 1.807) is 14.2 Å². The van der Waals surface area contributed by atoms with Crippen LogP contribution in [-0.2, 0) is 19.0 Å². The maximum Gasteiger partial charge on any atom is 0.309 e. The molecule has 0 N–H and O–H groups in total. The van der Waals surface area contributed by atoms with Gasteiger partial charge in [0.2, 0.25) is 0 Å². The summed E-state index contributed by atoms with van der Waals surface area (Å²) in [4.78, 5) is 11.1. The molecule has 0 amide bonds. The van der Waals surface area contributed by atoms with E-state index >= 15 is 0 Å². The molecule has 0 spiro atoms. The molecule has 4 nitrogen and oxygen atoms in total. The van der Waals surface area contributed by atoms with Crippen molar-refractivity contribution < 1.29 is 19.0 Å². The molecule has 1 saturated heterocycles. The second-order valence-electron chi connectivity index (χ2n) is 3.25. The zero-order valence-electron chi connectivity index (χ0n) is 8.33. The van der Waals surface area contributed by atoms with Crippen LogP contribution < -0.4 is 0 Å². The van der Waals surface area contributed by atoms with Crippen LogP contribution in [0.4, 0.5) is 0 Å². The van der Waals surface area contributed by atoms with Gasteiger partial charge >= 0.3 is 5.97 Å². The maximum atomic E-state index is 11.1. The fraction of sp³-hybridized carbons (Fsp3) is 0.889. The lowest BCUT2D eigenvalue weighted by molar-refractivity contribution is -0.159. The molecule has 0 radical (unpaired) electrons. The van der Waals surface area contributed by atoms with Gasteiger partial charge in [-0.2, -0.15) is 0 Å². The lowest BCUT2D eigenvalue weighted by Gasteiger charge is -2.30. The van der Waals surface area contributed by atoms with E-state index in [9.17, 15) is 4.79 Å². The zero-order chi connectivity index (χ0) is 9.90. The average molecular weight is 188 g/mol. The molecule has 0 aromatic heterocycles. The lowest BCUT2D eigenvalue weighted by Crippen LogP contribution is -2.44. The highest BCUT2D eigenvalue weighted by molar-refractivity contribution is 5.73. The summed E-state index contributed by atoms with van der Waals surface area (Å²) >= 11 is 0. The molecule has 1 rings (SSSR count). The minimum Gasteiger partial charge on any atom is -0.454 e. The summed E-state index contributed by atoms with van der Waals surface area (Å²) in [6, 6.07) is 0. The van der Waals surface area contributed by atoms with Crippen LogP contribution in [0.3, 0.4) is 0 Å². The number of hydrogen-bond acceptors (Lipinski definition) is 4. The van der Waals surface area contributed by atoms with Crippen LogP contribution in [0.1, 0.15) is 19.8 Å². The third kappa shape index (κ3) is 1.84. The predicted molar refractivity (Wildman–Crippen MR) is 46.4 cm³/mol. The number of rotatable bonds is 4. The first-order chi connectivity index (χ1) is 6.18. The SMILES string of the molecule is CC[C@@]1(COC)OC(=O)C[C@@H]1OC. The van der Waals surface area contributed by atoms with E-state index in [-0.39, 0.29) is 12.1 Å². The molecule has 0 aliphatic carbocycles. The van der Waals surface area contributed by atoms with Gasteiger partial charge < -0.3 is 14.2 Å². The van der Waals surface area contributed by atoms with Crippen molar-refractivity contribution in [1.29, 1.82) is 0 Å².